The monoisotopic (exact) mass is 977 g/mol. The van der Waals surface area contributed by atoms with Crippen molar-refractivity contribution in [1.29, 1.82) is 0 Å². The van der Waals surface area contributed by atoms with E-state index in [4.69, 9.17) is 27.4 Å². The zero-order valence-electron chi connectivity index (χ0n) is 85.4. The zero-order chi connectivity index (χ0) is 90.8. The molecule has 3 aliphatic rings. The highest BCUT2D eigenvalue weighted by atomic mass is 15.1. The highest BCUT2D eigenvalue weighted by Crippen LogP contribution is 2.63. The zero-order valence-corrected chi connectivity index (χ0v) is 36.4. The van der Waals surface area contributed by atoms with Gasteiger partial charge >= 0.3 is 0 Å². The largest absolute Gasteiger partial charge is 0.310 e. The first-order valence-electron chi connectivity index (χ1n) is 46.2. The summed E-state index contributed by atoms with van der Waals surface area (Å²) in [4.78, 5) is 0.0461. The van der Waals surface area contributed by atoms with E-state index >= 15 is 0 Å². The Morgan fingerprint density at radius 2 is 0.767 bits per heavy atom. The third kappa shape index (κ3) is 6.09. The molecule has 0 saturated carbocycles. The number of anilines is 3. The predicted molar refractivity (Wildman–Crippen MR) is 306 cm³/mol. The molecule has 3 aliphatic carbocycles. The van der Waals surface area contributed by atoms with Crippen LogP contribution in [0.4, 0.5) is 17.1 Å². The topological polar surface area (TPSA) is 3.24 Å². The fraction of sp³-hybridized carbons (Fsp3) is 0.0556. The lowest BCUT2D eigenvalue weighted by Gasteiger charge is -2.32. The summed E-state index contributed by atoms with van der Waals surface area (Å²) in [6.07, 6.45) is 0. The summed E-state index contributed by atoms with van der Waals surface area (Å²) in [7, 11) is 0. The first-order valence-corrected chi connectivity index (χ1v) is 21.7. The summed E-state index contributed by atoms with van der Waals surface area (Å²) < 4.78 is 463. The summed E-state index contributed by atoms with van der Waals surface area (Å²) in [6, 6.07) is -55.0. The highest BCUT2D eigenvalue weighted by molar-refractivity contribution is 6.02. The Labute approximate surface area is 495 Å². The van der Waals surface area contributed by atoms with Crippen molar-refractivity contribution in [3.63, 3.8) is 0 Å². The number of benzene rings is 12. The van der Waals surface area contributed by atoms with E-state index in [-0.39, 0.29) is 4.90 Å². The summed E-state index contributed by atoms with van der Waals surface area (Å²) in [5.74, 6) is 0. The molecule has 0 aromatic heterocycles. The van der Waals surface area contributed by atoms with Crippen molar-refractivity contribution in [1.82, 2.24) is 0 Å². The van der Waals surface area contributed by atoms with Crippen molar-refractivity contribution in [3.05, 3.63) is 293 Å². The number of fused-ring (bicyclic) bond motifs is 15. The first-order chi connectivity index (χ1) is 56.4. The van der Waals surface area contributed by atoms with Gasteiger partial charge in [-0.2, -0.15) is 0 Å². The van der Waals surface area contributed by atoms with Gasteiger partial charge in [-0.15, -0.1) is 0 Å². The van der Waals surface area contributed by atoms with Gasteiger partial charge in [-0.1, -0.05) is 219 Å². The van der Waals surface area contributed by atoms with Crippen LogP contribution in [0.25, 0.3) is 88.3 Å². The van der Waals surface area contributed by atoms with Gasteiger partial charge in [0.25, 0.3) is 0 Å². The Balaban J connectivity index is 1.15. The van der Waals surface area contributed by atoms with Crippen molar-refractivity contribution >= 4 is 38.6 Å². The number of hydrogen-bond donors (Lipinski definition) is 0. The van der Waals surface area contributed by atoms with Gasteiger partial charge in [0.05, 0.1) is 64.4 Å². The highest BCUT2D eigenvalue weighted by Gasteiger charge is 2.51. The predicted octanol–water partition coefficient (Wildman–Crippen LogP) is 19.1. The minimum absolute atomic E-state index is 0.0461. The van der Waals surface area contributed by atoms with Crippen molar-refractivity contribution in [2.75, 3.05) is 4.90 Å². The molecule has 342 valence electrons. The molecule has 0 atom stereocenters. The lowest BCUT2D eigenvalue weighted by Crippen LogP contribution is -2.26. The van der Waals surface area contributed by atoms with Gasteiger partial charge in [0, 0.05) is 30.7 Å². The van der Waals surface area contributed by atoms with E-state index in [2.05, 4.69) is 0 Å². The summed E-state index contributed by atoms with van der Waals surface area (Å²) in [5.41, 5.74) is -31.5. The van der Waals surface area contributed by atoms with Crippen LogP contribution >= 0.6 is 0 Å². The molecule has 1 spiro atoms. The van der Waals surface area contributed by atoms with Crippen LogP contribution in [-0.2, 0) is 10.8 Å². The maximum absolute atomic E-state index is 11.0. The summed E-state index contributed by atoms with van der Waals surface area (Å²) in [5, 5.41) is -3.36. The molecule has 73 heavy (non-hydrogen) atoms. The molecule has 15 rings (SSSR count). The van der Waals surface area contributed by atoms with Gasteiger partial charge in [0.2, 0.25) is 0 Å². The second-order valence-electron chi connectivity index (χ2n) is 16.5. The van der Waals surface area contributed by atoms with E-state index in [0.29, 0.717) is 0 Å². The van der Waals surface area contributed by atoms with E-state index < -0.39 is 423 Å². The number of nitrogens with zero attached hydrogens (tertiary/aromatic N) is 1. The van der Waals surface area contributed by atoms with Gasteiger partial charge in [0.15, 0.2) is 0 Å². The second-order valence-corrected chi connectivity index (χ2v) is 16.5. The van der Waals surface area contributed by atoms with Crippen LogP contribution in [0.1, 0.15) is 114 Å². The van der Waals surface area contributed by atoms with E-state index in [1.807, 2.05) is 0 Å². The van der Waals surface area contributed by atoms with Crippen LogP contribution in [0.3, 0.4) is 0 Å². The number of rotatable bonds is 6. The quantitative estimate of drug-likeness (QED) is 0.160. The molecule has 12 aromatic carbocycles. The molecule has 0 bridgehead atoms. The molecule has 0 N–H and O–H groups in total. The molecule has 0 heterocycles. The average Bonchev–Trinajstić information content (AvgIpc) is 1.47. The smallest absolute Gasteiger partial charge is 0.0726 e. The minimum atomic E-state index is -4.13. The molecule has 0 unspecified atom stereocenters. The fourth-order valence-electron chi connectivity index (χ4n) is 9.55. The SMILES string of the molecule is [2H]c1c([2H])c([2H])c2c(c1[2H])-c1c([2H])c([2H])c([2H])c([2H])c1C21c2c([2H])c([2H])c([2H])c([2H])c2-c2c([2H])c([2H])c(N(c3c([2H])c([2H])c(-c4c([2H])c([2H])c5c([2H])c([2H])c([2H])c(-c6c([2H])c([2H])c7c([2H])c([2H])c([2H])c([2H])c7c6[2H])c5c4[2H])c([2H])c3[2H])c3c([2H])c([2H])c([2H])c(-c4c([2H])c([2H])c5c(c4[2H])C(C([2H])([2H])[2H])(C([2H])([2H])[2H])c4c([2H])c([2H])c([2H])c([2H])c4-5)c3[2H])c([2H])c21. The van der Waals surface area contributed by atoms with Crippen molar-refractivity contribution in [2.24, 2.45) is 0 Å². The van der Waals surface area contributed by atoms with Gasteiger partial charge < -0.3 is 4.90 Å². The number of hydrogen-bond acceptors (Lipinski definition) is 1. The molecule has 0 radical (unpaired) electrons. The molecule has 0 saturated heterocycles. The maximum Gasteiger partial charge on any atom is 0.0726 e. The molecular weight excluding hydrogens is 879 g/mol. The molecular formula is C72H49N. The van der Waals surface area contributed by atoms with E-state index in [0.717, 1.165) is 0 Å². The Hall–Kier alpha value is -9.04. The van der Waals surface area contributed by atoms with E-state index in [1.165, 1.54) is 0 Å². The lowest BCUT2D eigenvalue weighted by atomic mass is 9.70. The van der Waals surface area contributed by atoms with E-state index in [1.54, 1.807) is 0 Å². The third-order valence-electron chi connectivity index (χ3n) is 12.7. The Morgan fingerprint density at radius 3 is 1.49 bits per heavy atom. The van der Waals surface area contributed by atoms with Crippen LogP contribution in [-0.4, -0.2) is 0 Å². The van der Waals surface area contributed by atoms with Crippen LogP contribution in [0, 0.1) is 0 Å². The average molecular weight is 977 g/mol. The molecule has 12 aromatic rings. The molecule has 0 aliphatic heterocycles. The molecule has 1 heteroatoms. The summed E-state index contributed by atoms with van der Waals surface area (Å²) in [6.45, 7) is -8.26. The van der Waals surface area contributed by atoms with Crippen molar-refractivity contribution in [3.8, 4) is 66.8 Å². The lowest BCUT2D eigenvalue weighted by molar-refractivity contribution is 0.660. The van der Waals surface area contributed by atoms with Gasteiger partial charge in [-0.25, -0.2) is 0 Å². The molecule has 0 fully saturated rings. The normalized spacial score (nSPS) is 23.6. The van der Waals surface area contributed by atoms with Gasteiger partial charge in [-0.3, -0.25) is 0 Å². The van der Waals surface area contributed by atoms with Crippen LogP contribution < -0.4 is 4.90 Å². The summed E-state index contributed by atoms with van der Waals surface area (Å²) >= 11 is 0. The fourth-order valence-corrected chi connectivity index (χ4v) is 9.55. The Morgan fingerprint density at radius 1 is 0.288 bits per heavy atom. The van der Waals surface area contributed by atoms with Gasteiger partial charge in [0.1, 0.15) is 0 Å². The molecule has 1 nitrogen and oxygen atoms in total. The standard InChI is InChI=1S/C72H49N/c1-71(2)65-25-9-5-20-58(65)62-39-35-52(44-69(62)71)50-18-13-19-55(42-50)73(54-36-33-47(34-37-54)51-31-30-48-17-14-24-57(64(48)43-51)53-32-29-46-15-3-4-16-49(46)41-53)56-38-40-63-61-23-8-12-28-68(61)72(70(63)45-56)66-26-10-6-21-59(66)60-22-7-11-27-67(60)72/h3-45H,1-2H3/i1D3,2D3,3D,4D,5D,6D,7D,8D,9D,10D,11D,12D,13D,14D,15D,16D,17D,18D,19D,20D,21D,22D,23D,24D,25D,26D,27D,28D,29D,30D,31D,32D,33D,34D,35D,36D,37D,38D,39D,40D,41D,42D,43D,44D,45D. The van der Waals surface area contributed by atoms with Crippen LogP contribution in [0.2, 0.25) is 0 Å². The Kier molecular flexibility index (Phi) is 3.39. The van der Waals surface area contributed by atoms with Crippen molar-refractivity contribution in [2.45, 2.75) is 24.5 Å². The maximum atomic E-state index is 11.0. The van der Waals surface area contributed by atoms with Crippen LogP contribution in [0.5, 0.6) is 0 Å². The minimum Gasteiger partial charge on any atom is -0.310 e. The van der Waals surface area contributed by atoms with E-state index in [9.17, 15) is 39.8 Å². The first kappa shape index (κ1) is 15.7. The second kappa shape index (κ2) is 15.7. The Bertz CT molecular complexity index is 6930. The van der Waals surface area contributed by atoms with Crippen LogP contribution in [0.15, 0.2) is 260 Å². The third-order valence-corrected chi connectivity index (χ3v) is 12.7. The van der Waals surface area contributed by atoms with Crippen molar-refractivity contribution < 1.29 is 67.2 Å². The molecule has 0 amide bonds. The van der Waals surface area contributed by atoms with Gasteiger partial charge in [-0.05, 0) is 176 Å².